The average Bonchev–Trinajstić information content (AvgIpc) is 2.40. The molecular weight excluding hydrogens is 298 g/mol. The second kappa shape index (κ2) is 6.22. The van der Waals surface area contributed by atoms with Gasteiger partial charge in [0, 0.05) is 5.02 Å². The Hall–Kier alpha value is -1.94. The Bertz CT molecular complexity index is 676. The quantitative estimate of drug-likeness (QED) is 0.777. The van der Waals surface area contributed by atoms with Crippen LogP contribution in [0.5, 0.6) is 5.75 Å². The maximum Gasteiger partial charge on any atom is 0.203 e. The molecule has 0 bridgehead atoms. The highest BCUT2D eigenvalue weighted by Crippen LogP contribution is 2.27. The zero-order valence-electron chi connectivity index (χ0n) is 11.5. The van der Waals surface area contributed by atoms with Crippen LogP contribution in [-0.2, 0) is 0 Å². The number of Topliss-reactive ketones (excluding diaryl/α,β-unsaturated/α-hetero) is 1. The summed E-state index contributed by atoms with van der Waals surface area (Å²) in [6.45, 7) is 3.21. The van der Waals surface area contributed by atoms with E-state index in [1.54, 1.807) is 26.0 Å². The fraction of sp³-hybridized carbons (Fsp3) is 0.188. The highest BCUT2D eigenvalue weighted by atomic mass is 35.5. The van der Waals surface area contributed by atoms with Gasteiger partial charge in [0.2, 0.25) is 5.78 Å². The Labute approximate surface area is 126 Å². The maximum atomic E-state index is 13.5. The molecule has 0 spiro atoms. The molecule has 0 fully saturated rings. The predicted octanol–water partition coefficient (Wildman–Crippen LogP) is 4.50. The lowest BCUT2D eigenvalue weighted by molar-refractivity contribution is 0.0916. The van der Waals surface area contributed by atoms with Crippen LogP contribution in [0, 0.1) is 25.5 Å². The maximum absolute atomic E-state index is 13.5. The lowest BCUT2D eigenvalue weighted by atomic mass is 10.1. The van der Waals surface area contributed by atoms with E-state index in [1.807, 2.05) is 0 Å². The summed E-state index contributed by atoms with van der Waals surface area (Å²) < 4.78 is 32.0. The Kier molecular flexibility index (Phi) is 4.58. The van der Waals surface area contributed by atoms with Crippen molar-refractivity contribution in [3.05, 3.63) is 63.7 Å². The molecule has 21 heavy (non-hydrogen) atoms. The lowest BCUT2D eigenvalue weighted by Gasteiger charge is -2.12. The van der Waals surface area contributed by atoms with Gasteiger partial charge in [0.05, 0.1) is 5.56 Å². The van der Waals surface area contributed by atoms with Gasteiger partial charge in [-0.05, 0) is 55.3 Å². The first-order valence-electron chi connectivity index (χ1n) is 6.26. The van der Waals surface area contributed by atoms with Crippen LogP contribution in [0.25, 0.3) is 0 Å². The van der Waals surface area contributed by atoms with Crippen molar-refractivity contribution in [2.24, 2.45) is 0 Å². The number of carbonyl (C=O) groups is 1. The van der Waals surface area contributed by atoms with E-state index in [4.69, 9.17) is 16.3 Å². The van der Waals surface area contributed by atoms with Gasteiger partial charge < -0.3 is 4.74 Å². The van der Waals surface area contributed by atoms with Crippen LogP contribution in [0.3, 0.4) is 0 Å². The third kappa shape index (κ3) is 3.58. The largest absolute Gasteiger partial charge is 0.485 e. The summed E-state index contributed by atoms with van der Waals surface area (Å²) in [4.78, 5) is 11.9. The topological polar surface area (TPSA) is 26.3 Å². The SMILES string of the molecule is Cc1cc(Cl)cc(C)c1OCC(=O)c1cc(F)ccc1F. The number of benzene rings is 2. The molecule has 0 heterocycles. The number of rotatable bonds is 4. The van der Waals surface area contributed by atoms with E-state index < -0.39 is 17.4 Å². The number of halogens is 3. The van der Waals surface area contributed by atoms with E-state index in [-0.39, 0.29) is 12.2 Å². The molecule has 2 nitrogen and oxygen atoms in total. The van der Waals surface area contributed by atoms with Crippen molar-refractivity contribution in [3.63, 3.8) is 0 Å². The number of hydrogen-bond donors (Lipinski definition) is 0. The van der Waals surface area contributed by atoms with Crippen molar-refractivity contribution in [2.45, 2.75) is 13.8 Å². The standard InChI is InChI=1S/C16H13ClF2O2/c1-9-5-11(17)6-10(2)16(9)21-8-15(20)13-7-12(18)3-4-14(13)19/h3-7H,8H2,1-2H3. The van der Waals surface area contributed by atoms with E-state index in [0.29, 0.717) is 10.8 Å². The van der Waals surface area contributed by atoms with Crippen molar-refractivity contribution >= 4 is 17.4 Å². The molecule has 2 rings (SSSR count). The number of carbonyl (C=O) groups excluding carboxylic acids is 1. The van der Waals surface area contributed by atoms with Gasteiger partial charge in [0.25, 0.3) is 0 Å². The van der Waals surface area contributed by atoms with Crippen LogP contribution >= 0.6 is 11.6 Å². The van der Waals surface area contributed by atoms with Gasteiger partial charge in [-0.25, -0.2) is 8.78 Å². The Morgan fingerprint density at radius 3 is 2.38 bits per heavy atom. The average molecular weight is 311 g/mol. The monoisotopic (exact) mass is 310 g/mol. The van der Waals surface area contributed by atoms with Crippen molar-refractivity contribution in [3.8, 4) is 5.75 Å². The van der Waals surface area contributed by atoms with Gasteiger partial charge in [-0.2, -0.15) is 0 Å². The van der Waals surface area contributed by atoms with Crippen molar-refractivity contribution in [1.29, 1.82) is 0 Å². The molecule has 0 saturated heterocycles. The first-order chi connectivity index (χ1) is 9.88. The summed E-state index contributed by atoms with van der Waals surface area (Å²) in [5.74, 6) is -1.54. The minimum absolute atomic E-state index is 0.320. The van der Waals surface area contributed by atoms with Gasteiger partial charge in [0.1, 0.15) is 17.4 Å². The number of ether oxygens (including phenoxy) is 1. The Morgan fingerprint density at radius 2 is 1.76 bits per heavy atom. The molecule has 0 radical (unpaired) electrons. The zero-order valence-corrected chi connectivity index (χ0v) is 12.3. The second-order valence-corrected chi connectivity index (χ2v) is 5.14. The minimum Gasteiger partial charge on any atom is -0.485 e. The molecular formula is C16H13ClF2O2. The molecule has 0 saturated carbocycles. The third-order valence-electron chi connectivity index (χ3n) is 3.00. The van der Waals surface area contributed by atoms with E-state index in [0.717, 1.165) is 29.3 Å². The summed E-state index contributed by atoms with van der Waals surface area (Å²) in [5, 5.41) is 0.569. The summed E-state index contributed by atoms with van der Waals surface area (Å²) in [6, 6.07) is 6.15. The lowest BCUT2D eigenvalue weighted by Crippen LogP contribution is -2.14. The smallest absolute Gasteiger partial charge is 0.203 e. The van der Waals surface area contributed by atoms with Gasteiger partial charge in [0.15, 0.2) is 6.61 Å². The van der Waals surface area contributed by atoms with E-state index in [9.17, 15) is 13.6 Å². The van der Waals surface area contributed by atoms with E-state index in [2.05, 4.69) is 0 Å². The number of aryl methyl sites for hydroxylation is 2. The molecule has 0 aliphatic carbocycles. The molecule has 0 aliphatic heterocycles. The molecule has 0 aromatic heterocycles. The molecule has 0 aliphatic rings. The summed E-state index contributed by atoms with van der Waals surface area (Å²) in [5.41, 5.74) is 1.22. The highest BCUT2D eigenvalue weighted by molar-refractivity contribution is 6.30. The fourth-order valence-electron chi connectivity index (χ4n) is 2.05. The van der Waals surface area contributed by atoms with Gasteiger partial charge in [-0.3, -0.25) is 4.79 Å². The van der Waals surface area contributed by atoms with E-state index >= 15 is 0 Å². The van der Waals surface area contributed by atoms with Crippen molar-refractivity contribution in [2.75, 3.05) is 6.61 Å². The summed E-state index contributed by atoms with van der Waals surface area (Å²) in [6.07, 6.45) is 0. The van der Waals surface area contributed by atoms with Gasteiger partial charge >= 0.3 is 0 Å². The zero-order chi connectivity index (χ0) is 15.6. The van der Waals surface area contributed by atoms with Crippen LogP contribution in [0.4, 0.5) is 8.78 Å². The molecule has 0 amide bonds. The minimum atomic E-state index is -0.769. The fourth-order valence-corrected chi connectivity index (χ4v) is 2.38. The molecule has 0 atom stereocenters. The van der Waals surface area contributed by atoms with Crippen LogP contribution in [0.15, 0.2) is 30.3 Å². The highest BCUT2D eigenvalue weighted by Gasteiger charge is 2.15. The number of hydrogen-bond acceptors (Lipinski definition) is 2. The van der Waals surface area contributed by atoms with E-state index in [1.165, 1.54) is 0 Å². The summed E-state index contributed by atoms with van der Waals surface area (Å²) >= 11 is 5.91. The van der Waals surface area contributed by atoms with Crippen LogP contribution in [-0.4, -0.2) is 12.4 Å². The molecule has 5 heteroatoms. The van der Waals surface area contributed by atoms with Gasteiger partial charge in [-0.15, -0.1) is 0 Å². The van der Waals surface area contributed by atoms with Gasteiger partial charge in [-0.1, -0.05) is 11.6 Å². The van der Waals surface area contributed by atoms with Crippen LogP contribution < -0.4 is 4.74 Å². The Balaban J connectivity index is 2.17. The first kappa shape index (κ1) is 15.4. The second-order valence-electron chi connectivity index (χ2n) is 4.70. The van der Waals surface area contributed by atoms with Crippen LogP contribution in [0.1, 0.15) is 21.5 Å². The molecule has 110 valence electrons. The predicted molar refractivity (Wildman–Crippen MR) is 77.1 cm³/mol. The summed E-state index contributed by atoms with van der Waals surface area (Å²) in [7, 11) is 0. The third-order valence-corrected chi connectivity index (χ3v) is 3.22. The first-order valence-corrected chi connectivity index (χ1v) is 6.64. The molecule has 2 aromatic carbocycles. The Morgan fingerprint density at radius 1 is 1.14 bits per heavy atom. The van der Waals surface area contributed by atoms with Crippen molar-refractivity contribution < 1.29 is 18.3 Å². The van der Waals surface area contributed by atoms with Crippen LogP contribution in [0.2, 0.25) is 5.02 Å². The molecule has 2 aromatic rings. The van der Waals surface area contributed by atoms with Crippen molar-refractivity contribution in [1.82, 2.24) is 0 Å². The molecule has 0 N–H and O–H groups in total. The normalized spacial score (nSPS) is 10.5. The number of ketones is 1. The molecule has 0 unspecified atom stereocenters.